The van der Waals surface area contributed by atoms with Crippen molar-refractivity contribution in [1.82, 2.24) is 15.3 Å². The standard InChI is InChI=1S/C27H25N3O3/c31-25(32)9-5-4-8-21-16-23-17-22(27(33)29-18-19-12-14-28-15-13-19)10-11-24(23)30-26(21)20-6-2-1-3-7-20/h1-3,6-7,10-17H,4-5,8-9,18H2,(H,29,33)(H,31,32). The Morgan fingerprint density at radius 3 is 2.45 bits per heavy atom. The van der Waals surface area contributed by atoms with Crippen LogP contribution in [0.2, 0.25) is 0 Å². The van der Waals surface area contributed by atoms with E-state index in [-0.39, 0.29) is 12.3 Å². The number of nitrogens with zero attached hydrogens (tertiary/aromatic N) is 2. The molecule has 33 heavy (non-hydrogen) atoms. The zero-order valence-corrected chi connectivity index (χ0v) is 18.2. The van der Waals surface area contributed by atoms with E-state index in [1.54, 1.807) is 18.5 Å². The molecule has 4 aromatic rings. The zero-order chi connectivity index (χ0) is 23.0. The number of carbonyl (C=O) groups is 2. The summed E-state index contributed by atoms with van der Waals surface area (Å²) >= 11 is 0. The maximum absolute atomic E-state index is 12.7. The van der Waals surface area contributed by atoms with Crippen LogP contribution in [0, 0.1) is 0 Å². The summed E-state index contributed by atoms with van der Waals surface area (Å²) in [7, 11) is 0. The van der Waals surface area contributed by atoms with Crippen molar-refractivity contribution in [3.05, 3.63) is 95.8 Å². The lowest BCUT2D eigenvalue weighted by molar-refractivity contribution is -0.137. The average molecular weight is 440 g/mol. The fraction of sp³-hybridized carbons (Fsp3) is 0.185. The number of pyridine rings is 2. The Bertz CT molecular complexity index is 1260. The predicted molar refractivity (Wildman–Crippen MR) is 128 cm³/mol. The molecule has 2 heterocycles. The molecule has 2 aromatic carbocycles. The van der Waals surface area contributed by atoms with Gasteiger partial charge in [0.2, 0.25) is 0 Å². The molecule has 0 spiro atoms. The third kappa shape index (κ3) is 5.80. The third-order valence-corrected chi connectivity index (χ3v) is 5.49. The highest BCUT2D eigenvalue weighted by atomic mass is 16.4. The van der Waals surface area contributed by atoms with Crippen LogP contribution in [-0.2, 0) is 17.8 Å². The van der Waals surface area contributed by atoms with Crippen molar-refractivity contribution in [1.29, 1.82) is 0 Å². The summed E-state index contributed by atoms with van der Waals surface area (Å²) in [6.45, 7) is 0.430. The lowest BCUT2D eigenvalue weighted by atomic mass is 9.98. The van der Waals surface area contributed by atoms with Crippen molar-refractivity contribution in [3.8, 4) is 11.3 Å². The molecular weight excluding hydrogens is 414 g/mol. The first-order valence-corrected chi connectivity index (χ1v) is 11.0. The Kier molecular flexibility index (Phi) is 7.05. The number of benzene rings is 2. The molecular formula is C27H25N3O3. The molecule has 0 unspecified atom stereocenters. The van der Waals surface area contributed by atoms with Crippen molar-refractivity contribution in [2.45, 2.75) is 32.2 Å². The van der Waals surface area contributed by atoms with Gasteiger partial charge in [-0.1, -0.05) is 30.3 Å². The molecule has 0 aliphatic rings. The van der Waals surface area contributed by atoms with E-state index in [9.17, 15) is 9.59 Å². The molecule has 6 nitrogen and oxygen atoms in total. The third-order valence-electron chi connectivity index (χ3n) is 5.49. The minimum absolute atomic E-state index is 0.149. The minimum Gasteiger partial charge on any atom is -0.481 e. The lowest BCUT2D eigenvalue weighted by Crippen LogP contribution is -2.22. The van der Waals surface area contributed by atoms with Crippen LogP contribution >= 0.6 is 0 Å². The van der Waals surface area contributed by atoms with Crippen molar-refractivity contribution >= 4 is 22.8 Å². The van der Waals surface area contributed by atoms with Crippen LogP contribution in [-0.4, -0.2) is 27.0 Å². The molecule has 0 atom stereocenters. The minimum atomic E-state index is -0.780. The molecule has 0 bridgehead atoms. The summed E-state index contributed by atoms with van der Waals surface area (Å²) in [4.78, 5) is 32.5. The number of nitrogens with one attached hydrogen (secondary N) is 1. The van der Waals surface area contributed by atoms with Gasteiger partial charge in [-0.05, 0) is 66.8 Å². The van der Waals surface area contributed by atoms with Gasteiger partial charge in [0.05, 0.1) is 11.2 Å². The first-order chi connectivity index (χ1) is 16.1. The van der Waals surface area contributed by atoms with Crippen LogP contribution in [0.3, 0.4) is 0 Å². The molecule has 0 radical (unpaired) electrons. The van der Waals surface area contributed by atoms with Crippen LogP contribution in [0.25, 0.3) is 22.2 Å². The van der Waals surface area contributed by atoms with Crippen LogP contribution in [0.1, 0.15) is 40.7 Å². The number of aromatic nitrogens is 2. The van der Waals surface area contributed by atoms with Gasteiger partial charge in [-0.25, -0.2) is 4.98 Å². The van der Waals surface area contributed by atoms with Crippen molar-refractivity contribution in [2.24, 2.45) is 0 Å². The van der Waals surface area contributed by atoms with Crippen LogP contribution in [0.4, 0.5) is 0 Å². The Labute approximate surface area is 192 Å². The molecule has 0 saturated heterocycles. The fourth-order valence-electron chi connectivity index (χ4n) is 3.77. The molecule has 1 amide bonds. The molecule has 2 N–H and O–H groups in total. The summed E-state index contributed by atoms with van der Waals surface area (Å²) < 4.78 is 0. The van der Waals surface area contributed by atoms with Gasteiger partial charge in [-0.2, -0.15) is 0 Å². The summed E-state index contributed by atoms with van der Waals surface area (Å²) in [5.41, 5.74) is 5.34. The smallest absolute Gasteiger partial charge is 0.303 e. The van der Waals surface area contributed by atoms with E-state index in [1.165, 1.54) is 0 Å². The van der Waals surface area contributed by atoms with E-state index in [1.807, 2.05) is 54.6 Å². The normalized spacial score (nSPS) is 10.8. The van der Waals surface area contributed by atoms with Gasteiger partial charge in [0.15, 0.2) is 0 Å². The number of carbonyl (C=O) groups excluding carboxylic acids is 1. The Hall–Kier alpha value is -4.06. The number of hydrogen-bond acceptors (Lipinski definition) is 4. The number of amides is 1. The van der Waals surface area contributed by atoms with Gasteiger partial charge >= 0.3 is 5.97 Å². The van der Waals surface area contributed by atoms with E-state index in [0.29, 0.717) is 18.5 Å². The SMILES string of the molecule is O=C(O)CCCCc1cc2cc(C(=O)NCc3ccncc3)ccc2nc1-c1ccccc1. The van der Waals surface area contributed by atoms with E-state index in [0.717, 1.165) is 46.1 Å². The van der Waals surface area contributed by atoms with Crippen molar-refractivity contribution in [2.75, 3.05) is 0 Å². The maximum atomic E-state index is 12.7. The van der Waals surface area contributed by atoms with Gasteiger partial charge in [0.25, 0.3) is 5.91 Å². The second-order valence-corrected chi connectivity index (χ2v) is 7.91. The quantitative estimate of drug-likeness (QED) is 0.357. The number of rotatable bonds is 9. The predicted octanol–water partition coefficient (Wildman–Crippen LogP) is 5.02. The van der Waals surface area contributed by atoms with Crippen molar-refractivity contribution in [3.63, 3.8) is 0 Å². The van der Waals surface area contributed by atoms with E-state index < -0.39 is 5.97 Å². The summed E-state index contributed by atoms with van der Waals surface area (Å²) in [5.74, 6) is -0.929. The average Bonchev–Trinajstić information content (AvgIpc) is 2.85. The molecule has 166 valence electrons. The number of unbranched alkanes of at least 4 members (excludes halogenated alkanes) is 1. The molecule has 0 saturated carbocycles. The second-order valence-electron chi connectivity index (χ2n) is 7.91. The first-order valence-electron chi connectivity index (χ1n) is 11.0. The molecule has 6 heteroatoms. The molecule has 2 aromatic heterocycles. The first kappa shape index (κ1) is 22.1. The Balaban J connectivity index is 1.60. The number of fused-ring (bicyclic) bond motifs is 1. The van der Waals surface area contributed by atoms with Crippen LogP contribution < -0.4 is 5.32 Å². The maximum Gasteiger partial charge on any atom is 0.303 e. The van der Waals surface area contributed by atoms with Gasteiger partial charge in [0, 0.05) is 41.9 Å². The fourth-order valence-corrected chi connectivity index (χ4v) is 3.77. The molecule has 0 aliphatic carbocycles. The lowest BCUT2D eigenvalue weighted by Gasteiger charge is -2.12. The van der Waals surface area contributed by atoms with E-state index in [4.69, 9.17) is 10.1 Å². The molecule has 0 fully saturated rings. The second kappa shape index (κ2) is 10.5. The summed E-state index contributed by atoms with van der Waals surface area (Å²) in [5, 5.41) is 12.8. The number of hydrogen-bond donors (Lipinski definition) is 2. The van der Waals surface area contributed by atoms with Gasteiger partial charge < -0.3 is 10.4 Å². The van der Waals surface area contributed by atoms with Crippen molar-refractivity contribution < 1.29 is 14.7 Å². The summed E-state index contributed by atoms with van der Waals surface area (Å²) in [6, 6.07) is 21.3. The van der Waals surface area contributed by atoms with Gasteiger partial charge in [0.1, 0.15) is 0 Å². The van der Waals surface area contributed by atoms with E-state index >= 15 is 0 Å². The zero-order valence-electron chi connectivity index (χ0n) is 18.2. The van der Waals surface area contributed by atoms with Gasteiger partial charge in [-0.15, -0.1) is 0 Å². The van der Waals surface area contributed by atoms with Crippen LogP contribution in [0.5, 0.6) is 0 Å². The number of aryl methyl sites for hydroxylation is 1. The number of carboxylic acids is 1. The Morgan fingerprint density at radius 1 is 0.909 bits per heavy atom. The van der Waals surface area contributed by atoms with Gasteiger partial charge in [-0.3, -0.25) is 14.6 Å². The Morgan fingerprint density at radius 2 is 1.70 bits per heavy atom. The largest absolute Gasteiger partial charge is 0.481 e. The number of carboxylic acid groups (broad SMARTS) is 1. The topological polar surface area (TPSA) is 92.2 Å². The summed E-state index contributed by atoms with van der Waals surface area (Å²) in [6.07, 6.45) is 5.64. The highest BCUT2D eigenvalue weighted by Gasteiger charge is 2.12. The number of aliphatic carboxylic acids is 1. The highest BCUT2D eigenvalue weighted by Crippen LogP contribution is 2.27. The highest BCUT2D eigenvalue weighted by molar-refractivity contribution is 5.98. The molecule has 0 aliphatic heterocycles. The van der Waals surface area contributed by atoms with Crippen LogP contribution in [0.15, 0.2) is 79.1 Å². The molecule has 4 rings (SSSR count). The monoisotopic (exact) mass is 439 g/mol. The van der Waals surface area contributed by atoms with E-state index in [2.05, 4.69) is 16.4 Å².